The molecule has 0 spiro atoms. The molecule has 2 N–H and O–H groups in total. The zero-order chi connectivity index (χ0) is 15.2. The van der Waals surface area contributed by atoms with Crippen LogP contribution in [0.2, 0.25) is 0 Å². The largest absolute Gasteiger partial charge is 0.417 e. The van der Waals surface area contributed by atoms with Crippen molar-refractivity contribution in [3.05, 3.63) is 36.3 Å². The van der Waals surface area contributed by atoms with Crippen molar-refractivity contribution < 1.29 is 13.5 Å². The minimum atomic E-state index is -2.87. The first-order chi connectivity index (χ1) is 9.32. The number of hydrogen-bond donors (Lipinski definition) is 2. The van der Waals surface area contributed by atoms with Crippen molar-refractivity contribution in [2.45, 2.75) is 45.9 Å². The lowest BCUT2D eigenvalue weighted by atomic mass is 10.0. The highest BCUT2D eigenvalue weighted by Crippen LogP contribution is 2.13. The summed E-state index contributed by atoms with van der Waals surface area (Å²) in [6.07, 6.45) is 2.39. The Morgan fingerprint density at radius 2 is 2.20 bits per heavy atom. The molecule has 0 saturated carbocycles. The number of nitrogens with one attached hydrogen (secondary N) is 2. The van der Waals surface area contributed by atoms with Crippen molar-refractivity contribution >= 4 is 0 Å². The van der Waals surface area contributed by atoms with Crippen LogP contribution in [0.4, 0.5) is 8.78 Å². The molecule has 0 aliphatic heterocycles. The second kappa shape index (κ2) is 7.07. The van der Waals surface area contributed by atoms with Gasteiger partial charge in [-0.25, -0.2) is 4.98 Å². The van der Waals surface area contributed by atoms with Crippen molar-refractivity contribution in [3.8, 4) is 5.88 Å². The second-order valence-corrected chi connectivity index (χ2v) is 5.08. The lowest BCUT2D eigenvalue weighted by Crippen LogP contribution is -2.41. The Bertz CT molecular complexity index is 450. The third-order valence-corrected chi connectivity index (χ3v) is 2.89. The number of aromatic nitrogens is 1. The molecule has 0 bridgehead atoms. The summed E-state index contributed by atoms with van der Waals surface area (Å²) in [6.45, 7) is 7.69. The third kappa shape index (κ3) is 5.86. The van der Waals surface area contributed by atoms with Crippen LogP contribution in [0.25, 0.3) is 0 Å². The highest BCUT2D eigenvalue weighted by Gasteiger charge is 2.14. The fourth-order valence-corrected chi connectivity index (χ4v) is 1.47. The normalized spacial score (nSPS) is 11.3. The molecule has 0 amide bonds. The summed E-state index contributed by atoms with van der Waals surface area (Å²) in [5, 5.41) is 6.34. The van der Waals surface area contributed by atoms with E-state index in [-0.39, 0.29) is 11.4 Å². The summed E-state index contributed by atoms with van der Waals surface area (Å²) in [7, 11) is 0. The molecule has 112 valence electrons. The van der Waals surface area contributed by atoms with Crippen molar-refractivity contribution in [1.82, 2.24) is 15.6 Å². The van der Waals surface area contributed by atoms with Crippen LogP contribution in [0.3, 0.4) is 0 Å². The van der Waals surface area contributed by atoms with E-state index in [0.29, 0.717) is 12.4 Å². The van der Waals surface area contributed by atoms with Gasteiger partial charge in [0.15, 0.2) is 0 Å². The molecule has 0 radical (unpaired) electrons. The summed E-state index contributed by atoms with van der Waals surface area (Å²) in [5.74, 6) is 0.594. The maximum absolute atomic E-state index is 12.1. The predicted octanol–water partition coefficient (Wildman–Crippen LogP) is 3.02. The highest BCUT2D eigenvalue weighted by atomic mass is 19.3. The van der Waals surface area contributed by atoms with Gasteiger partial charge in [-0.3, -0.25) is 0 Å². The Morgan fingerprint density at radius 1 is 1.50 bits per heavy atom. The van der Waals surface area contributed by atoms with E-state index in [0.717, 1.165) is 12.0 Å². The molecule has 0 unspecified atom stereocenters. The van der Waals surface area contributed by atoms with Crippen LogP contribution in [0, 0.1) is 0 Å². The van der Waals surface area contributed by atoms with Gasteiger partial charge in [-0.2, -0.15) is 8.78 Å². The van der Waals surface area contributed by atoms with E-state index in [1.165, 1.54) is 12.3 Å². The quantitative estimate of drug-likeness (QED) is 0.770. The Hall–Kier alpha value is -1.85. The minimum absolute atomic E-state index is 0.0493. The van der Waals surface area contributed by atoms with Crippen LogP contribution in [0.5, 0.6) is 5.88 Å². The number of nitrogens with zero attached hydrogens (tertiary/aromatic N) is 1. The predicted molar refractivity (Wildman–Crippen MR) is 74.4 cm³/mol. The number of ether oxygens (including phenoxy) is 1. The molecule has 0 saturated heterocycles. The molecule has 0 aromatic carbocycles. The molecule has 1 aromatic rings. The van der Waals surface area contributed by atoms with E-state index in [4.69, 9.17) is 0 Å². The van der Waals surface area contributed by atoms with Crippen LogP contribution in [0.1, 0.15) is 32.8 Å². The van der Waals surface area contributed by atoms with Gasteiger partial charge in [-0.1, -0.05) is 13.5 Å². The summed E-state index contributed by atoms with van der Waals surface area (Å²) in [5.41, 5.74) is 0.736. The molecule has 4 nitrogen and oxygen atoms in total. The SMILES string of the molecule is C=C(NCc1ccnc(OC(F)F)c1)NC(C)(C)CC. The molecule has 6 heteroatoms. The minimum Gasteiger partial charge on any atom is -0.417 e. The van der Waals surface area contributed by atoms with Crippen molar-refractivity contribution in [2.24, 2.45) is 0 Å². The average molecular weight is 285 g/mol. The summed E-state index contributed by atoms with van der Waals surface area (Å²) < 4.78 is 28.4. The Kier molecular flexibility index (Phi) is 5.73. The molecular weight excluding hydrogens is 264 g/mol. The molecule has 0 atom stereocenters. The highest BCUT2D eigenvalue weighted by molar-refractivity contribution is 5.20. The molecule has 20 heavy (non-hydrogen) atoms. The van der Waals surface area contributed by atoms with Gasteiger partial charge in [-0.15, -0.1) is 0 Å². The summed E-state index contributed by atoms with van der Waals surface area (Å²) in [4.78, 5) is 3.71. The molecule has 1 heterocycles. The first-order valence-electron chi connectivity index (χ1n) is 6.43. The van der Waals surface area contributed by atoms with Gasteiger partial charge in [-0.05, 0) is 31.9 Å². The van der Waals surface area contributed by atoms with Gasteiger partial charge in [0.05, 0.1) is 5.82 Å². The molecule has 0 fully saturated rings. The van der Waals surface area contributed by atoms with Gasteiger partial charge in [0, 0.05) is 24.3 Å². The van der Waals surface area contributed by atoms with E-state index < -0.39 is 6.61 Å². The van der Waals surface area contributed by atoms with Gasteiger partial charge in [0.1, 0.15) is 0 Å². The summed E-state index contributed by atoms with van der Waals surface area (Å²) >= 11 is 0. The number of alkyl halides is 2. The van der Waals surface area contributed by atoms with Crippen LogP contribution in [-0.2, 0) is 6.54 Å². The zero-order valence-electron chi connectivity index (χ0n) is 12.0. The fraction of sp³-hybridized carbons (Fsp3) is 0.500. The molecule has 0 aliphatic carbocycles. The fourth-order valence-electron chi connectivity index (χ4n) is 1.47. The van der Waals surface area contributed by atoms with Crippen molar-refractivity contribution in [3.63, 3.8) is 0 Å². The van der Waals surface area contributed by atoms with E-state index in [9.17, 15) is 8.78 Å². The zero-order valence-corrected chi connectivity index (χ0v) is 12.0. The van der Waals surface area contributed by atoms with Crippen LogP contribution < -0.4 is 15.4 Å². The maximum Gasteiger partial charge on any atom is 0.388 e. The smallest absolute Gasteiger partial charge is 0.388 e. The molecule has 1 rings (SSSR count). The van der Waals surface area contributed by atoms with E-state index in [2.05, 4.69) is 47.7 Å². The summed E-state index contributed by atoms with van der Waals surface area (Å²) in [6, 6.07) is 3.20. The Balaban J connectivity index is 2.51. The lowest BCUT2D eigenvalue weighted by Gasteiger charge is -2.27. The topological polar surface area (TPSA) is 46.2 Å². The molecule has 0 aliphatic rings. The van der Waals surface area contributed by atoms with Crippen molar-refractivity contribution in [1.29, 1.82) is 0 Å². The van der Waals surface area contributed by atoms with Gasteiger partial charge < -0.3 is 15.4 Å². The Morgan fingerprint density at radius 3 is 2.80 bits per heavy atom. The number of hydrogen-bond acceptors (Lipinski definition) is 4. The molecular formula is C14H21F2N3O. The average Bonchev–Trinajstić information content (AvgIpc) is 2.35. The van der Waals surface area contributed by atoms with E-state index >= 15 is 0 Å². The first-order valence-corrected chi connectivity index (χ1v) is 6.43. The number of halogens is 2. The van der Waals surface area contributed by atoms with Crippen LogP contribution in [0.15, 0.2) is 30.7 Å². The van der Waals surface area contributed by atoms with E-state index in [1.54, 1.807) is 6.07 Å². The van der Waals surface area contributed by atoms with E-state index in [1.807, 2.05) is 0 Å². The van der Waals surface area contributed by atoms with Gasteiger partial charge >= 0.3 is 6.61 Å². The standard InChI is InChI=1S/C14H21F2N3O/c1-5-14(3,4)19-10(2)18-9-11-6-7-17-12(8-11)20-13(15)16/h6-8,13,18-19H,2,5,9H2,1,3-4H3. The maximum atomic E-state index is 12.1. The molecule has 1 aromatic heterocycles. The van der Waals surface area contributed by atoms with Crippen LogP contribution >= 0.6 is 0 Å². The monoisotopic (exact) mass is 285 g/mol. The second-order valence-electron chi connectivity index (χ2n) is 5.08. The van der Waals surface area contributed by atoms with Crippen molar-refractivity contribution in [2.75, 3.05) is 0 Å². The van der Waals surface area contributed by atoms with Gasteiger partial charge in [0.2, 0.25) is 5.88 Å². The lowest BCUT2D eigenvalue weighted by molar-refractivity contribution is -0.0528. The van der Waals surface area contributed by atoms with Gasteiger partial charge in [0.25, 0.3) is 0 Å². The number of rotatable bonds is 8. The van der Waals surface area contributed by atoms with Crippen LogP contribution in [-0.4, -0.2) is 17.1 Å². The third-order valence-electron chi connectivity index (χ3n) is 2.89. The first kappa shape index (κ1) is 16.2. The Labute approximate surface area is 118 Å². The number of pyridine rings is 1.